The van der Waals surface area contributed by atoms with Gasteiger partial charge in [-0.25, -0.2) is 0 Å². The third kappa shape index (κ3) is 1.33. The Morgan fingerprint density at radius 2 is 2.08 bits per heavy atom. The van der Waals surface area contributed by atoms with Crippen molar-refractivity contribution in [1.82, 2.24) is 4.90 Å². The Balaban J connectivity index is 1.76. The van der Waals surface area contributed by atoms with Crippen LogP contribution in [-0.4, -0.2) is 29.8 Å². The molecule has 0 aromatic rings. The van der Waals surface area contributed by atoms with E-state index in [1.165, 1.54) is 6.42 Å². The summed E-state index contributed by atoms with van der Waals surface area (Å²) < 4.78 is 0. The molecule has 12 heavy (non-hydrogen) atoms. The first-order valence-electron chi connectivity index (χ1n) is 4.66. The van der Waals surface area contributed by atoms with Crippen LogP contribution in [0.15, 0.2) is 0 Å². The molecule has 0 atom stereocenters. The lowest BCUT2D eigenvalue weighted by molar-refractivity contribution is -0.144. The van der Waals surface area contributed by atoms with Gasteiger partial charge in [0.2, 0.25) is 5.91 Å². The summed E-state index contributed by atoms with van der Waals surface area (Å²) in [5, 5.41) is 0. The van der Waals surface area contributed by atoms with Gasteiger partial charge in [-0.05, 0) is 12.8 Å². The standard InChI is InChI=1S/C9H14ClNO/c10-4-7-5-11(6-7)9(12)8-2-1-3-8/h7-8H,1-6H2. The molecule has 2 aliphatic rings. The summed E-state index contributed by atoms with van der Waals surface area (Å²) in [6.07, 6.45) is 3.46. The van der Waals surface area contributed by atoms with Gasteiger partial charge in [0.05, 0.1) is 0 Å². The van der Waals surface area contributed by atoms with Crippen LogP contribution >= 0.6 is 11.6 Å². The maximum absolute atomic E-state index is 11.6. The number of alkyl halides is 1. The fourth-order valence-corrected chi connectivity index (χ4v) is 1.96. The van der Waals surface area contributed by atoms with Gasteiger partial charge in [0.25, 0.3) is 0 Å². The molecule has 0 unspecified atom stereocenters. The summed E-state index contributed by atoms with van der Waals surface area (Å²) >= 11 is 5.66. The Kier molecular flexibility index (Phi) is 2.26. The first-order valence-corrected chi connectivity index (χ1v) is 5.19. The summed E-state index contributed by atoms with van der Waals surface area (Å²) in [6, 6.07) is 0. The zero-order valence-electron chi connectivity index (χ0n) is 7.13. The highest BCUT2D eigenvalue weighted by Crippen LogP contribution is 2.30. The number of nitrogens with zero attached hydrogens (tertiary/aromatic N) is 1. The molecular weight excluding hydrogens is 174 g/mol. The van der Waals surface area contributed by atoms with E-state index in [-0.39, 0.29) is 0 Å². The first kappa shape index (κ1) is 8.36. The van der Waals surface area contributed by atoms with Gasteiger partial charge in [-0.3, -0.25) is 4.79 Å². The van der Waals surface area contributed by atoms with Crippen molar-refractivity contribution < 1.29 is 4.79 Å². The molecule has 68 valence electrons. The molecule has 1 amide bonds. The fourth-order valence-electron chi connectivity index (χ4n) is 1.76. The Bertz CT molecular complexity index is 185. The molecular formula is C9H14ClNO. The van der Waals surface area contributed by atoms with Gasteiger partial charge in [0.15, 0.2) is 0 Å². The summed E-state index contributed by atoms with van der Waals surface area (Å²) in [5.74, 6) is 2.01. The van der Waals surface area contributed by atoms with Crippen molar-refractivity contribution in [2.75, 3.05) is 19.0 Å². The van der Waals surface area contributed by atoms with E-state index in [9.17, 15) is 4.79 Å². The summed E-state index contributed by atoms with van der Waals surface area (Å²) in [5.41, 5.74) is 0. The summed E-state index contributed by atoms with van der Waals surface area (Å²) in [7, 11) is 0. The third-order valence-electron chi connectivity index (χ3n) is 2.94. The second kappa shape index (κ2) is 3.25. The first-order chi connectivity index (χ1) is 5.81. The number of rotatable bonds is 2. The normalized spacial score (nSPS) is 24.9. The molecule has 0 radical (unpaired) electrons. The van der Waals surface area contributed by atoms with E-state index < -0.39 is 0 Å². The van der Waals surface area contributed by atoms with Gasteiger partial charge in [-0.1, -0.05) is 6.42 Å². The SMILES string of the molecule is O=C(C1CCC1)N1CC(CCl)C1. The Hall–Kier alpha value is -0.240. The monoisotopic (exact) mass is 187 g/mol. The Morgan fingerprint density at radius 1 is 1.42 bits per heavy atom. The average molecular weight is 188 g/mol. The van der Waals surface area contributed by atoms with Gasteiger partial charge in [0.1, 0.15) is 0 Å². The molecule has 1 saturated carbocycles. The molecule has 1 heterocycles. The molecule has 2 fully saturated rings. The predicted molar refractivity (Wildman–Crippen MR) is 48.1 cm³/mol. The molecule has 0 spiro atoms. The fraction of sp³-hybridized carbons (Fsp3) is 0.889. The molecule has 0 aromatic heterocycles. The topological polar surface area (TPSA) is 20.3 Å². The zero-order chi connectivity index (χ0) is 8.55. The van der Waals surface area contributed by atoms with E-state index in [0.29, 0.717) is 23.6 Å². The van der Waals surface area contributed by atoms with E-state index in [1.54, 1.807) is 0 Å². The molecule has 0 bridgehead atoms. The van der Waals surface area contributed by atoms with Crippen molar-refractivity contribution in [3.63, 3.8) is 0 Å². The van der Waals surface area contributed by atoms with Crippen LogP contribution in [0.5, 0.6) is 0 Å². The minimum Gasteiger partial charge on any atom is -0.342 e. The Labute approximate surface area is 77.9 Å². The summed E-state index contributed by atoms with van der Waals surface area (Å²) in [4.78, 5) is 13.5. The highest BCUT2D eigenvalue weighted by atomic mass is 35.5. The number of carbonyl (C=O) groups is 1. The second-order valence-electron chi connectivity index (χ2n) is 3.89. The molecule has 1 aliphatic heterocycles. The Morgan fingerprint density at radius 3 is 2.50 bits per heavy atom. The number of likely N-dealkylation sites (tertiary alicyclic amines) is 1. The highest BCUT2D eigenvalue weighted by Gasteiger charge is 2.35. The van der Waals surface area contributed by atoms with E-state index in [1.807, 2.05) is 4.90 Å². The quantitative estimate of drug-likeness (QED) is 0.600. The van der Waals surface area contributed by atoms with E-state index >= 15 is 0 Å². The number of halogens is 1. The van der Waals surface area contributed by atoms with Gasteiger partial charge in [0, 0.05) is 30.8 Å². The second-order valence-corrected chi connectivity index (χ2v) is 4.20. The number of amides is 1. The minimum atomic E-state index is 0.362. The van der Waals surface area contributed by atoms with Crippen LogP contribution in [0.25, 0.3) is 0 Å². The van der Waals surface area contributed by atoms with Crippen molar-refractivity contribution in [2.24, 2.45) is 11.8 Å². The summed E-state index contributed by atoms with van der Waals surface area (Å²) in [6.45, 7) is 1.80. The van der Waals surface area contributed by atoms with Gasteiger partial charge >= 0.3 is 0 Å². The van der Waals surface area contributed by atoms with Crippen molar-refractivity contribution >= 4 is 17.5 Å². The van der Waals surface area contributed by atoms with Crippen molar-refractivity contribution in [1.29, 1.82) is 0 Å². The van der Waals surface area contributed by atoms with Crippen LogP contribution in [-0.2, 0) is 4.79 Å². The molecule has 1 saturated heterocycles. The van der Waals surface area contributed by atoms with E-state index in [2.05, 4.69) is 0 Å². The predicted octanol–water partition coefficient (Wildman–Crippen LogP) is 1.48. The van der Waals surface area contributed by atoms with Crippen LogP contribution in [0.3, 0.4) is 0 Å². The molecule has 1 aliphatic carbocycles. The van der Waals surface area contributed by atoms with Crippen molar-refractivity contribution in [3.8, 4) is 0 Å². The average Bonchev–Trinajstić information content (AvgIpc) is 1.80. The van der Waals surface area contributed by atoms with Gasteiger partial charge in [-0.2, -0.15) is 0 Å². The molecule has 2 rings (SSSR count). The van der Waals surface area contributed by atoms with Gasteiger partial charge in [-0.15, -0.1) is 11.6 Å². The molecule has 0 N–H and O–H groups in total. The highest BCUT2D eigenvalue weighted by molar-refractivity contribution is 6.18. The van der Waals surface area contributed by atoms with E-state index in [0.717, 1.165) is 25.9 Å². The van der Waals surface area contributed by atoms with Crippen molar-refractivity contribution in [3.05, 3.63) is 0 Å². The van der Waals surface area contributed by atoms with Crippen LogP contribution < -0.4 is 0 Å². The van der Waals surface area contributed by atoms with Crippen molar-refractivity contribution in [2.45, 2.75) is 19.3 Å². The third-order valence-corrected chi connectivity index (χ3v) is 3.38. The molecule has 3 heteroatoms. The zero-order valence-corrected chi connectivity index (χ0v) is 7.89. The van der Waals surface area contributed by atoms with Crippen LogP contribution in [0, 0.1) is 11.8 Å². The van der Waals surface area contributed by atoms with Crippen LogP contribution in [0.4, 0.5) is 0 Å². The van der Waals surface area contributed by atoms with E-state index in [4.69, 9.17) is 11.6 Å². The number of hydrogen-bond donors (Lipinski definition) is 0. The minimum absolute atomic E-state index is 0.362. The number of hydrogen-bond acceptors (Lipinski definition) is 1. The number of carbonyl (C=O) groups excluding carboxylic acids is 1. The molecule has 0 aromatic carbocycles. The smallest absolute Gasteiger partial charge is 0.225 e. The van der Waals surface area contributed by atoms with Crippen LogP contribution in [0.2, 0.25) is 0 Å². The maximum atomic E-state index is 11.6. The van der Waals surface area contributed by atoms with Gasteiger partial charge < -0.3 is 4.90 Å². The van der Waals surface area contributed by atoms with Crippen LogP contribution in [0.1, 0.15) is 19.3 Å². The lowest BCUT2D eigenvalue weighted by Crippen LogP contribution is -2.53. The molecule has 2 nitrogen and oxygen atoms in total. The maximum Gasteiger partial charge on any atom is 0.225 e. The largest absolute Gasteiger partial charge is 0.342 e. The lowest BCUT2D eigenvalue weighted by Gasteiger charge is -2.42. The lowest BCUT2D eigenvalue weighted by atomic mass is 9.83.